The fourth-order valence-corrected chi connectivity index (χ4v) is 10.7. The largest absolute Gasteiger partial charge is 0.550 e. The molecule has 0 saturated carbocycles. The molecule has 0 aliphatic heterocycles. The van der Waals surface area contributed by atoms with Crippen LogP contribution in [0.25, 0.3) is 0 Å². The quantitative estimate of drug-likeness (QED) is 0.0247. The number of urea groups is 2. The highest BCUT2D eigenvalue weighted by molar-refractivity contribution is 5.99. The van der Waals surface area contributed by atoms with Crippen molar-refractivity contribution in [2.75, 3.05) is 30.3 Å². The van der Waals surface area contributed by atoms with E-state index in [-0.39, 0.29) is 47.3 Å². The van der Waals surface area contributed by atoms with Crippen LogP contribution >= 0.6 is 0 Å². The molecule has 20 N–H and O–H groups in total. The van der Waals surface area contributed by atoms with E-state index in [2.05, 4.69) is 89.7 Å². The van der Waals surface area contributed by atoms with Gasteiger partial charge < -0.3 is 105 Å². The molecular weight excluding hydrogens is 1480 g/mol. The number of ketones is 2. The smallest absolute Gasteiger partial charge is 0.319 e. The lowest BCUT2D eigenvalue weighted by atomic mass is 10.0. The van der Waals surface area contributed by atoms with Crippen LogP contribution in [-0.4, -0.2) is 90.8 Å². The number of carboxylic acid groups (broad SMARTS) is 4. The number of Topliss-reactive ketones (excluding diaryl/α,β-unsaturated/α-hetero) is 2. The zero-order chi connectivity index (χ0) is 85.4. The van der Waals surface area contributed by atoms with Crippen molar-refractivity contribution in [3.8, 4) is 0 Å². The number of hydrogen-bond acceptors (Lipinski definition) is 16. The molecule has 620 valence electrons. The Kier molecular flexibility index (Phi) is 48.1. The van der Waals surface area contributed by atoms with Crippen LogP contribution < -0.4 is 85.9 Å². The number of aliphatic carboxylic acids is 4. The lowest BCUT2D eigenvalue weighted by Crippen LogP contribution is -2.50. The lowest BCUT2D eigenvalue weighted by Gasteiger charge is -2.10. The molecule has 0 bridgehead atoms. The van der Waals surface area contributed by atoms with E-state index < -0.39 is 23.9 Å². The molecule has 0 heterocycles. The lowest BCUT2D eigenvalue weighted by molar-refractivity contribution is -0.386. The third kappa shape index (κ3) is 45.7. The molecule has 8 rings (SSSR count). The topological polar surface area (TPSA) is 504 Å². The second-order valence-electron chi connectivity index (χ2n) is 26.8. The van der Waals surface area contributed by atoms with Gasteiger partial charge in [0, 0.05) is 134 Å². The minimum absolute atomic E-state index is 0.188. The number of unbranched alkanes of at least 4 members (excludes halogenated alkanes) is 7. The fraction of sp³-hybridized carbons (Fsp3) is 0.318. The second-order valence-corrected chi connectivity index (χ2v) is 26.8. The molecule has 8 aromatic carbocycles. The molecule has 0 fully saturated rings. The van der Waals surface area contributed by atoms with Gasteiger partial charge in [-0.1, -0.05) is 141 Å². The molecule has 0 saturated heterocycles. The van der Waals surface area contributed by atoms with Gasteiger partial charge in [0.05, 0.1) is 26.2 Å². The number of rotatable bonds is 38. The molecule has 0 unspecified atom stereocenters. The van der Waals surface area contributed by atoms with E-state index in [0.29, 0.717) is 98.6 Å². The summed E-state index contributed by atoms with van der Waals surface area (Å²) in [7, 11) is 0. The predicted octanol–water partition coefficient (Wildman–Crippen LogP) is 3.29. The maximum Gasteiger partial charge on any atom is 0.319 e. The van der Waals surface area contributed by atoms with Gasteiger partial charge >= 0.3 is 12.1 Å². The summed E-state index contributed by atoms with van der Waals surface area (Å²) in [5, 5.41) is 58.5. The highest BCUT2D eigenvalue weighted by Gasteiger charge is 2.14. The van der Waals surface area contributed by atoms with Crippen molar-refractivity contribution in [3.05, 3.63) is 272 Å². The Morgan fingerprint density at radius 3 is 0.819 bits per heavy atom. The van der Waals surface area contributed by atoms with E-state index >= 15 is 0 Å². The number of amides is 8. The van der Waals surface area contributed by atoms with Crippen molar-refractivity contribution in [1.29, 1.82) is 0 Å². The molecule has 8 aromatic rings. The highest BCUT2D eigenvalue weighted by Crippen LogP contribution is 2.17. The summed E-state index contributed by atoms with van der Waals surface area (Å²) in [6.45, 7) is 9.66. The van der Waals surface area contributed by atoms with Gasteiger partial charge in [0.15, 0.2) is 0 Å². The minimum Gasteiger partial charge on any atom is -0.550 e. The number of nitrogens with one attached hydrogen (secondary N) is 8. The van der Waals surface area contributed by atoms with Crippen LogP contribution in [0.4, 0.5) is 21.0 Å². The number of carbonyl (C=O) groups is 12. The van der Waals surface area contributed by atoms with Crippen LogP contribution in [0.2, 0.25) is 0 Å². The van der Waals surface area contributed by atoms with Crippen LogP contribution in [0.15, 0.2) is 194 Å². The van der Waals surface area contributed by atoms with Crippen LogP contribution in [-0.2, 0) is 93.8 Å². The summed E-state index contributed by atoms with van der Waals surface area (Å²) in [5.74, 6) is -4.88. The third-order valence-electron chi connectivity index (χ3n) is 16.8. The van der Waals surface area contributed by atoms with Crippen molar-refractivity contribution in [2.45, 2.75) is 163 Å². The summed E-state index contributed by atoms with van der Waals surface area (Å²) in [5.41, 5.74) is 28.6. The predicted molar refractivity (Wildman–Crippen MR) is 432 cm³/mol. The average Bonchev–Trinajstić information content (AvgIpc) is 0.862. The summed E-state index contributed by atoms with van der Waals surface area (Å²) in [6.07, 6.45) is 12.5. The van der Waals surface area contributed by atoms with E-state index in [1.807, 2.05) is 97.1 Å². The highest BCUT2D eigenvalue weighted by atomic mass is 16.4. The normalized spacial score (nSPS) is 10.1. The Morgan fingerprint density at radius 2 is 0.509 bits per heavy atom. The van der Waals surface area contributed by atoms with Gasteiger partial charge in [-0.15, -0.1) is 0 Å². The van der Waals surface area contributed by atoms with E-state index in [1.54, 1.807) is 72.8 Å². The first-order chi connectivity index (χ1) is 55.6. The maximum atomic E-state index is 12.8. The standard InChI is InChI=1S/C42H44N6O4.C38H52N6O4.4C2H4O2/c43-24-31-5-1-29(2-6-31)15-22-39(49)23-30-3-9-33(10-4-30)26-45-40(50)36-16-18-37(19-17-36)41(51)46-27-35-13-20-38(21-14-35)48-42(52)47-28-34-11-7-32(25-44)8-12-34;39-23-7-3-1-2-6-10-35(45)26-29-11-13-30(14-12-29)27-42-36(46)32-17-19-33(20-18-32)37(47)43-28-31-15-21-34(22-16-31)44-38(48)41-25-9-5-4-8-24-40;4*1-2(3)4/h1-14,16-21H,15,22-28,43-44H2,(H,45,50)(H,46,51)(H2,47,48,52);11-22H,1-10,23-28,39-40H2,(H,42,46)(H,43,47)(H2,41,44,48);4*1H3,(H,3,4). The molecule has 28 heteroatoms. The zero-order valence-corrected chi connectivity index (χ0v) is 66.8. The minimum atomic E-state index is -1.08. The summed E-state index contributed by atoms with van der Waals surface area (Å²) < 4.78 is 0. The number of anilines is 2. The van der Waals surface area contributed by atoms with Crippen molar-refractivity contribution in [3.63, 3.8) is 0 Å². The molecule has 116 heavy (non-hydrogen) atoms. The number of benzene rings is 8. The number of aryl methyl sites for hydroxylation is 1. The number of hydrogen-bond donors (Lipinski definition) is 12. The third-order valence-corrected chi connectivity index (χ3v) is 16.8. The Bertz CT molecular complexity index is 4000. The molecule has 28 nitrogen and oxygen atoms in total. The van der Waals surface area contributed by atoms with Crippen LogP contribution in [0.3, 0.4) is 0 Å². The second kappa shape index (κ2) is 57.3. The van der Waals surface area contributed by atoms with Crippen LogP contribution in [0.5, 0.6) is 0 Å². The first-order valence-corrected chi connectivity index (χ1v) is 38.4. The molecule has 0 aromatic heterocycles. The van der Waals surface area contributed by atoms with E-state index in [9.17, 15) is 38.4 Å². The Hall–Kier alpha value is -12.8. The molecule has 0 aliphatic carbocycles. The average molecular weight is 1590 g/mol. The monoisotopic (exact) mass is 1590 g/mol. The van der Waals surface area contributed by atoms with Gasteiger partial charge in [-0.3, -0.25) is 28.8 Å². The molecule has 0 radical (unpaired) electrons. The fourth-order valence-electron chi connectivity index (χ4n) is 10.7. The number of carbonyl (C=O) groups excluding carboxylic acids is 12. The number of carboxylic acids is 4. The molecule has 0 aliphatic rings. The SMILES string of the molecule is CC(=O)[O-].CC(=O)[O-].CC(=O)[O-].CC(=O)[O-].[NH3+]CCCCCCCC(=O)Cc1ccc(CNC(=O)c2ccc(C(=O)NCc3ccc(NC(=O)NCCCCCC[NH3+])cc3)cc2)cc1.[NH3+]Cc1ccc(CCC(=O)Cc2ccc(CNC(=O)c3ccc(C(=O)NCc4ccc(NC(=O)NCc5ccc(C[NH3+])cc5)cc4)cc3)cc2)cc1. The number of quaternary nitrogens is 4. The Balaban J connectivity index is 0.000000507. The first-order valence-electron chi connectivity index (χ1n) is 38.4. The molecule has 8 amide bonds. The van der Waals surface area contributed by atoms with Crippen molar-refractivity contribution >= 4 is 82.5 Å². The van der Waals surface area contributed by atoms with Gasteiger partial charge in [0.25, 0.3) is 23.6 Å². The Morgan fingerprint density at radius 1 is 0.267 bits per heavy atom. The van der Waals surface area contributed by atoms with Gasteiger partial charge in [-0.2, -0.15) is 0 Å². The molecular formula is C88H112N12O16. The van der Waals surface area contributed by atoms with Crippen LogP contribution in [0.1, 0.15) is 195 Å². The van der Waals surface area contributed by atoms with Crippen molar-refractivity contribution in [2.24, 2.45) is 0 Å². The molecule has 0 spiro atoms. The van der Waals surface area contributed by atoms with Gasteiger partial charge in [-0.25, -0.2) is 9.59 Å². The summed E-state index contributed by atoms with van der Waals surface area (Å²) >= 11 is 0. The van der Waals surface area contributed by atoms with Crippen molar-refractivity contribution < 1.29 is 101 Å². The maximum absolute atomic E-state index is 12.8. The first kappa shape index (κ1) is 97.4. The van der Waals surface area contributed by atoms with Crippen molar-refractivity contribution in [1.82, 2.24) is 31.9 Å². The zero-order valence-electron chi connectivity index (χ0n) is 66.8. The summed E-state index contributed by atoms with van der Waals surface area (Å²) in [6, 6.07) is 58.6. The van der Waals surface area contributed by atoms with Gasteiger partial charge in [0.2, 0.25) is 0 Å². The molecule has 0 atom stereocenters. The van der Waals surface area contributed by atoms with E-state index in [0.717, 1.165) is 155 Å². The van der Waals surface area contributed by atoms with Gasteiger partial charge in [0.1, 0.15) is 11.6 Å². The van der Waals surface area contributed by atoms with Crippen LogP contribution in [0, 0.1) is 0 Å². The Labute approximate surface area is 677 Å². The van der Waals surface area contributed by atoms with E-state index in [4.69, 9.17) is 39.6 Å². The van der Waals surface area contributed by atoms with Gasteiger partial charge in [-0.05, 0) is 190 Å². The summed E-state index contributed by atoms with van der Waals surface area (Å²) in [4.78, 5) is 136. The van der Waals surface area contributed by atoms with E-state index in [1.165, 1.54) is 18.4 Å².